The highest BCUT2D eigenvalue weighted by Crippen LogP contribution is 2.41. The van der Waals surface area contributed by atoms with Crippen LogP contribution in [0.2, 0.25) is 0 Å². The first-order chi connectivity index (χ1) is 8.37. The number of rotatable bonds is 3. The summed E-state index contributed by atoms with van der Waals surface area (Å²) in [4.78, 5) is 0. The first kappa shape index (κ1) is 16.6. The molecule has 1 saturated carbocycles. The molecule has 108 valence electrons. The fourth-order valence-corrected chi connectivity index (χ4v) is 2.43. The van der Waals surface area contributed by atoms with E-state index in [0.29, 0.717) is 10.0 Å². The molecule has 0 bridgehead atoms. The Hall–Kier alpha value is -0.460. The maximum atomic E-state index is 12.3. The molecule has 2 rings (SSSR count). The summed E-state index contributed by atoms with van der Waals surface area (Å²) in [6.45, 7) is 0. The summed E-state index contributed by atoms with van der Waals surface area (Å²) < 4.78 is 41.6. The smallest absolute Gasteiger partial charge is 0.405 e. The van der Waals surface area contributed by atoms with Crippen molar-refractivity contribution in [3.63, 3.8) is 0 Å². The van der Waals surface area contributed by atoms with Gasteiger partial charge in [0.05, 0.1) is 0 Å². The largest absolute Gasteiger partial charge is 0.573 e. The van der Waals surface area contributed by atoms with Gasteiger partial charge in [-0.05, 0) is 37.0 Å². The summed E-state index contributed by atoms with van der Waals surface area (Å²) in [5.74, 6) is 0.0417. The Labute approximate surface area is 124 Å². The number of hydrogen-bond acceptors (Lipinski definition) is 2. The summed E-state index contributed by atoms with van der Waals surface area (Å²) in [6, 6.07) is 4.00. The molecule has 1 fully saturated rings. The SMILES string of the molecule is Cl.N[C@H](c1cc(Br)ccc1OC(F)(F)F)C1CCC1. The maximum Gasteiger partial charge on any atom is 0.573 e. The molecule has 19 heavy (non-hydrogen) atoms. The minimum atomic E-state index is -4.69. The van der Waals surface area contributed by atoms with Gasteiger partial charge in [-0.1, -0.05) is 22.4 Å². The normalized spacial score (nSPS) is 17.3. The van der Waals surface area contributed by atoms with Crippen LogP contribution in [0.5, 0.6) is 5.75 Å². The Morgan fingerprint density at radius 3 is 2.42 bits per heavy atom. The fraction of sp³-hybridized carbons (Fsp3) is 0.500. The predicted octanol–water partition coefficient (Wildman–Crippen LogP) is 4.57. The first-order valence-electron chi connectivity index (χ1n) is 5.67. The van der Waals surface area contributed by atoms with Gasteiger partial charge in [-0.2, -0.15) is 0 Å². The van der Waals surface area contributed by atoms with Crippen molar-refractivity contribution in [2.24, 2.45) is 11.7 Å². The lowest BCUT2D eigenvalue weighted by Crippen LogP contribution is -2.28. The van der Waals surface area contributed by atoms with Crippen LogP contribution < -0.4 is 10.5 Å². The molecule has 2 nitrogen and oxygen atoms in total. The van der Waals surface area contributed by atoms with Crippen molar-refractivity contribution in [1.82, 2.24) is 0 Å². The Morgan fingerprint density at radius 2 is 1.95 bits per heavy atom. The van der Waals surface area contributed by atoms with Crippen LogP contribution in [0.1, 0.15) is 30.9 Å². The molecule has 0 amide bonds. The number of alkyl halides is 3. The lowest BCUT2D eigenvalue weighted by atomic mass is 9.77. The van der Waals surface area contributed by atoms with E-state index in [2.05, 4.69) is 20.7 Å². The summed E-state index contributed by atoms with van der Waals surface area (Å²) in [5, 5.41) is 0. The highest BCUT2D eigenvalue weighted by molar-refractivity contribution is 9.10. The average Bonchev–Trinajstić information content (AvgIpc) is 2.16. The molecule has 1 aliphatic rings. The van der Waals surface area contributed by atoms with E-state index >= 15 is 0 Å². The summed E-state index contributed by atoms with van der Waals surface area (Å²) in [5.41, 5.74) is 6.43. The molecule has 0 saturated heterocycles. The van der Waals surface area contributed by atoms with Gasteiger partial charge in [0.2, 0.25) is 0 Å². The van der Waals surface area contributed by atoms with Crippen LogP contribution in [0.15, 0.2) is 22.7 Å². The van der Waals surface area contributed by atoms with E-state index in [1.807, 2.05) is 0 Å². The number of halogens is 5. The quantitative estimate of drug-likeness (QED) is 0.857. The minimum Gasteiger partial charge on any atom is -0.405 e. The third kappa shape index (κ3) is 4.26. The van der Waals surface area contributed by atoms with Crippen LogP contribution in [-0.4, -0.2) is 6.36 Å². The van der Waals surface area contributed by atoms with Crippen LogP contribution in [0.4, 0.5) is 13.2 Å². The van der Waals surface area contributed by atoms with Gasteiger partial charge in [0.15, 0.2) is 0 Å². The molecular formula is C12H14BrClF3NO. The van der Waals surface area contributed by atoms with Crippen molar-refractivity contribution in [2.45, 2.75) is 31.7 Å². The molecule has 0 radical (unpaired) electrons. The van der Waals surface area contributed by atoms with E-state index in [0.717, 1.165) is 19.3 Å². The van der Waals surface area contributed by atoms with Crippen LogP contribution in [0, 0.1) is 5.92 Å². The average molecular weight is 361 g/mol. The molecule has 7 heteroatoms. The van der Waals surface area contributed by atoms with Crippen molar-refractivity contribution >= 4 is 28.3 Å². The zero-order chi connectivity index (χ0) is 13.3. The van der Waals surface area contributed by atoms with E-state index in [9.17, 15) is 13.2 Å². The van der Waals surface area contributed by atoms with Gasteiger partial charge in [-0.25, -0.2) is 0 Å². The van der Waals surface area contributed by atoms with E-state index in [-0.39, 0.29) is 24.1 Å². The number of hydrogen-bond donors (Lipinski definition) is 1. The van der Waals surface area contributed by atoms with Gasteiger partial charge in [0, 0.05) is 16.1 Å². The monoisotopic (exact) mass is 359 g/mol. The maximum absolute atomic E-state index is 12.3. The number of ether oxygens (including phenoxy) is 1. The van der Waals surface area contributed by atoms with E-state index in [1.165, 1.54) is 12.1 Å². The topological polar surface area (TPSA) is 35.2 Å². The Morgan fingerprint density at radius 1 is 1.32 bits per heavy atom. The van der Waals surface area contributed by atoms with Crippen molar-refractivity contribution < 1.29 is 17.9 Å². The molecule has 0 aliphatic heterocycles. The van der Waals surface area contributed by atoms with Crippen molar-refractivity contribution in [1.29, 1.82) is 0 Å². The molecule has 1 aromatic carbocycles. The zero-order valence-corrected chi connectivity index (χ0v) is 12.3. The molecule has 2 N–H and O–H groups in total. The molecular weight excluding hydrogens is 346 g/mol. The molecule has 0 unspecified atom stereocenters. The second-order valence-electron chi connectivity index (χ2n) is 4.45. The fourth-order valence-electron chi connectivity index (χ4n) is 2.05. The lowest BCUT2D eigenvalue weighted by molar-refractivity contribution is -0.275. The van der Waals surface area contributed by atoms with Gasteiger partial charge in [-0.15, -0.1) is 25.6 Å². The predicted molar refractivity (Wildman–Crippen MR) is 72.3 cm³/mol. The molecule has 0 spiro atoms. The van der Waals surface area contributed by atoms with Gasteiger partial charge >= 0.3 is 6.36 Å². The third-order valence-corrected chi connectivity index (χ3v) is 3.71. The van der Waals surface area contributed by atoms with E-state index in [4.69, 9.17) is 5.73 Å². The van der Waals surface area contributed by atoms with Crippen LogP contribution in [-0.2, 0) is 0 Å². The molecule has 0 aromatic heterocycles. The zero-order valence-electron chi connectivity index (χ0n) is 9.91. The Kier molecular flexibility index (Phi) is 5.53. The van der Waals surface area contributed by atoms with Gasteiger partial charge in [-0.3, -0.25) is 0 Å². The standard InChI is InChI=1S/C12H13BrF3NO.ClH/c13-8-4-5-10(18-12(14,15)16)9(6-8)11(17)7-2-1-3-7;/h4-7,11H,1-3,17H2;1H/t11-;/m0./s1. The van der Waals surface area contributed by atoms with Crippen molar-refractivity contribution in [2.75, 3.05) is 0 Å². The molecule has 1 aliphatic carbocycles. The minimum absolute atomic E-state index is 0. The molecule has 0 heterocycles. The highest BCUT2D eigenvalue weighted by Gasteiger charge is 2.34. The van der Waals surface area contributed by atoms with Crippen LogP contribution in [0.3, 0.4) is 0 Å². The number of nitrogens with two attached hydrogens (primary N) is 1. The van der Waals surface area contributed by atoms with Crippen LogP contribution in [0.25, 0.3) is 0 Å². The second kappa shape index (κ2) is 6.33. The van der Waals surface area contributed by atoms with Crippen molar-refractivity contribution in [3.8, 4) is 5.75 Å². The van der Waals surface area contributed by atoms with Crippen LogP contribution >= 0.6 is 28.3 Å². The number of benzene rings is 1. The van der Waals surface area contributed by atoms with Crippen molar-refractivity contribution in [3.05, 3.63) is 28.2 Å². The Balaban J connectivity index is 0.00000180. The van der Waals surface area contributed by atoms with Gasteiger partial charge in [0.25, 0.3) is 0 Å². The lowest BCUT2D eigenvalue weighted by Gasteiger charge is -2.32. The summed E-state index contributed by atoms with van der Waals surface area (Å²) in [7, 11) is 0. The van der Waals surface area contributed by atoms with Gasteiger partial charge in [0.1, 0.15) is 5.75 Å². The Bertz CT molecular complexity index is 437. The van der Waals surface area contributed by atoms with Gasteiger partial charge < -0.3 is 10.5 Å². The molecule has 1 aromatic rings. The first-order valence-corrected chi connectivity index (χ1v) is 6.47. The third-order valence-electron chi connectivity index (χ3n) is 3.21. The highest BCUT2D eigenvalue weighted by atomic mass is 79.9. The summed E-state index contributed by atoms with van der Waals surface area (Å²) >= 11 is 3.24. The molecule has 1 atom stereocenters. The van der Waals surface area contributed by atoms with E-state index < -0.39 is 12.4 Å². The summed E-state index contributed by atoms with van der Waals surface area (Å²) in [6.07, 6.45) is -1.69. The van der Waals surface area contributed by atoms with E-state index in [1.54, 1.807) is 6.07 Å². The second-order valence-corrected chi connectivity index (χ2v) is 5.36.